The molecule has 0 aromatic carbocycles. The van der Waals surface area contributed by atoms with Crippen molar-refractivity contribution in [3.63, 3.8) is 0 Å². The molecule has 0 atom stereocenters. The first-order valence-electron chi connectivity index (χ1n) is 4.38. The molecular formula is C12H19N. The molecule has 0 rings (SSSR count). The molecule has 0 amide bonds. The third-order valence-corrected chi connectivity index (χ3v) is 2.28. The first-order valence-corrected chi connectivity index (χ1v) is 4.38. The fourth-order valence-electron chi connectivity index (χ4n) is 0.976. The van der Waals surface area contributed by atoms with Gasteiger partial charge < -0.3 is 5.41 Å². The molecule has 0 unspecified atom stereocenters. The Bertz CT molecular complexity index is 267. The van der Waals surface area contributed by atoms with Crippen LogP contribution in [-0.2, 0) is 0 Å². The topological polar surface area (TPSA) is 23.9 Å². The summed E-state index contributed by atoms with van der Waals surface area (Å²) in [6.45, 7) is 15.4. The van der Waals surface area contributed by atoms with Gasteiger partial charge in [0.05, 0.1) is 0 Å². The monoisotopic (exact) mass is 177 g/mol. The average molecular weight is 177 g/mol. The first kappa shape index (κ1) is 11.9. The third-order valence-electron chi connectivity index (χ3n) is 2.28. The van der Waals surface area contributed by atoms with Crippen molar-refractivity contribution in [1.29, 1.82) is 5.41 Å². The van der Waals surface area contributed by atoms with Crippen molar-refractivity contribution in [1.82, 2.24) is 0 Å². The molecular weight excluding hydrogens is 158 g/mol. The lowest BCUT2D eigenvalue weighted by atomic mass is 9.79. The van der Waals surface area contributed by atoms with Gasteiger partial charge in [-0.15, -0.1) is 0 Å². The van der Waals surface area contributed by atoms with E-state index in [0.29, 0.717) is 5.71 Å². The standard InChI is InChI=1S/C12H19N/c1-7-11(8-9(2)3)12(5,6)10(4)13/h7-8,13H,1-2H2,3-6H3/b11-8+,13-10?. The van der Waals surface area contributed by atoms with E-state index in [0.717, 1.165) is 11.1 Å². The number of allylic oxidation sites excluding steroid dienone is 4. The largest absolute Gasteiger partial charge is 0.309 e. The van der Waals surface area contributed by atoms with E-state index >= 15 is 0 Å². The fraction of sp³-hybridized carbons (Fsp3) is 0.417. The Morgan fingerprint density at radius 3 is 2.00 bits per heavy atom. The van der Waals surface area contributed by atoms with Gasteiger partial charge in [-0.2, -0.15) is 0 Å². The second-order valence-electron chi connectivity index (χ2n) is 3.90. The van der Waals surface area contributed by atoms with E-state index in [2.05, 4.69) is 13.2 Å². The van der Waals surface area contributed by atoms with Crippen LogP contribution < -0.4 is 0 Å². The Labute approximate surface area is 81.4 Å². The Balaban J connectivity index is 5.09. The number of hydrogen-bond donors (Lipinski definition) is 1. The minimum atomic E-state index is -0.235. The Kier molecular flexibility index (Phi) is 3.86. The highest BCUT2D eigenvalue weighted by molar-refractivity contribution is 5.88. The van der Waals surface area contributed by atoms with Crippen LogP contribution in [0.25, 0.3) is 0 Å². The number of rotatable bonds is 4. The minimum Gasteiger partial charge on any atom is -0.309 e. The van der Waals surface area contributed by atoms with E-state index < -0.39 is 0 Å². The van der Waals surface area contributed by atoms with E-state index in [1.807, 2.05) is 33.8 Å². The predicted molar refractivity (Wildman–Crippen MR) is 60.3 cm³/mol. The number of nitrogens with one attached hydrogen (secondary N) is 1. The summed E-state index contributed by atoms with van der Waals surface area (Å²) >= 11 is 0. The quantitative estimate of drug-likeness (QED) is 0.499. The summed E-state index contributed by atoms with van der Waals surface area (Å²) in [7, 11) is 0. The van der Waals surface area contributed by atoms with Crippen LogP contribution in [-0.4, -0.2) is 5.71 Å². The van der Waals surface area contributed by atoms with Crippen molar-refractivity contribution >= 4 is 5.71 Å². The van der Waals surface area contributed by atoms with Gasteiger partial charge >= 0.3 is 0 Å². The second-order valence-corrected chi connectivity index (χ2v) is 3.90. The molecule has 0 aliphatic heterocycles. The summed E-state index contributed by atoms with van der Waals surface area (Å²) in [4.78, 5) is 0. The van der Waals surface area contributed by atoms with Crippen molar-refractivity contribution < 1.29 is 0 Å². The maximum Gasteiger partial charge on any atom is 0.0270 e. The molecule has 0 fully saturated rings. The lowest BCUT2D eigenvalue weighted by molar-refractivity contribution is 0.635. The van der Waals surface area contributed by atoms with Gasteiger partial charge in [-0.25, -0.2) is 0 Å². The van der Waals surface area contributed by atoms with Crippen LogP contribution in [0.1, 0.15) is 27.7 Å². The van der Waals surface area contributed by atoms with Crippen LogP contribution in [0.2, 0.25) is 0 Å². The van der Waals surface area contributed by atoms with E-state index in [4.69, 9.17) is 5.41 Å². The number of hydrogen-bond acceptors (Lipinski definition) is 1. The van der Waals surface area contributed by atoms with Crippen molar-refractivity contribution in [3.05, 3.63) is 36.5 Å². The Morgan fingerprint density at radius 1 is 1.31 bits per heavy atom. The van der Waals surface area contributed by atoms with Gasteiger partial charge in [0.1, 0.15) is 0 Å². The van der Waals surface area contributed by atoms with Gasteiger partial charge in [-0.3, -0.25) is 0 Å². The molecule has 1 heteroatoms. The SMILES string of the molecule is C=C/C(=C\C(=C)C)C(C)(C)C(C)=N. The highest BCUT2D eigenvalue weighted by Gasteiger charge is 2.23. The van der Waals surface area contributed by atoms with E-state index in [1.54, 1.807) is 6.08 Å². The third kappa shape index (κ3) is 3.02. The van der Waals surface area contributed by atoms with Crippen LogP contribution in [0, 0.1) is 10.8 Å². The zero-order valence-corrected chi connectivity index (χ0v) is 9.07. The Morgan fingerprint density at radius 2 is 1.77 bits per heavy atom. The summed E-state index contributed by atoms with van der Waals surface area (Å²) in [5, 5.41) is 7.66. The van der Waals surface area contributed by atoms with Crippen LogP contribution in [0.15, 0.2) is 36.5 Å². The normalized spacial score (nSPS) is 12.5. The zero-order valence-electron chi connectivity index (χ0n) is 9.07. The highest BCUT2D eigenvalue weighted by atomic mass is 14.5. The molecule has 0 saturated carbocycles. The Hall–Kier alpha value is -1.11. The van der Waals surface area contributed by atoms with E-state index in [9.17, 15) is 0 Å². The zero-order chi connectivity index (χ0) is 10.6. The van der Waals surface area contributed by atoms with E-state index in [-0.39, 0.29) is 5.41 Å². The van der Waals surface area contributed by atoms with Crippen molar-refractivity contribution in [2.75, 3.05) is 0 Å². The van der Waals surface area contributed by atoms with Crippen LogP contribution >= 0.6 is 0 Å². The van der Waals surface area contributed by atoms with Crippen LogP contribution in [0.3, 0.4) is 0 Å². The fourth-order valence-corrected chi connectivity index (χ4v) is 0.976. The molecule has 13 heavy (non-hydrogen) atoms. The molecule has 0 bridgehead atoms. The molecule has 0 heterocycles. The van der Waals surface area contributed by atoms with Gasteiger partial charge in [0.25, 0.3) is 0 Å². The maximum absolute atomic E-state index is 7.66. The second kappa shape index (κ2) is 4.22. The van der Waals surface area contributed by atoms with E-state index in [1.165, 1.54) is 0 Å². The summed E-state index contributed by atoms with van der Waals surface area (Å²) in [5.74, 6) is 0. The molecule has 0 aliphatic carbocycles. The molecule has 72 valence electrons. The van der Waals surface area contributed by atoms with Gasteiger partial charge in [0.2, 0.25) is 0 Å². The highest BCUT2D eigenvalue weighted by Crippen LogP contribution is 2.28. The molecule has 0 saturated heterocycles. The van der Waals surface area contributed by atoms with Crippen molar-refractivity contribution in [3.8, 4) is 0 Å². The summed E-state index contributed by atoms with van der Waals surface area (Å²) in [6.07, 6.45) is 3.78. The first-order chi connectivity index (χ1) is 5.82. The average Bonchev–Trinajstić information content (AvgIpc) is 1.99. The predicted octanol–water partition coefficient (Wildman–Crippen LogP) is 3.74. The minimum absolute atomic E-state index is 0.235. The lowest BCUT2D eigenvalue weighted by Gasteiger charge is -2.25. The molecule has 0 spiro atoms. The summed E-state index contributed by atoms with van der Waals surface area (Å²) in [6, 6.07) is 0. The summed E-state index contributed by atoms with van der Waals surface area (Å²) in [5.41, 5.74) is 2.44. The smallest absolute Gasteiger partial charge is 0.0270 e. The van der Waals surface area contributed by atoms with Gasteiger partial charge in [-0.05, 0) is 19.4 Å². The molecule has 1 nitrogen and oxygen atoms in total. The maximum atomic E-state index is 7.66. The molecule has 0 aromatic rings. The summed E-state index contributed by atoms with van der Waals surface area (Å²) < 4.78 is 0. The van der Waals surface area contributed by atoms with Crippen molar-refractivity contribution in [2.24, 2.45) is 5.41 Å². The molecule has 0 radical (unpaired) electrons. The van der Waals surface area contributed by atoms with Crippen LogP contribution in [0.5, 0.6) is 0 Å². The molecule has 1 N–H and O–H groups in total. The van der Waals surface area contributed by atoms with Gasteiger partial charge in [0.15, 0.2) is 0 Å². The van der Waals surface area contributed by atoms with Crippen LogP contribution in [0.4, 0.5) is 0 Å². The van der Waals surface area contributed by atoms with Gasteiger partial charge in [-0.1, -0.05) is 44.7 Å². The molecule has 0 aliphatic rings. The van der Waals surface area contributed by atoms with Crippen molar-refractivity contribution in [2.45, 2.75) is 27.7 Å². The molecule has 0 aromatic heterocycles. The van der Waals surface area contributed by atoms with Gasteiger partial charge in [0, 0.05) is 11.1 Å². The lowest BCUT2D eigenvalue weighted by Crippen LogP contribution is -2.22.